The van der Waals surface area contributed by atoms with E-state index in [1.165, 1.54) is 17.0 Å². The van der Waals surface area contributed by atoms with Crippen LogP contribution in [-0.2, 0) is 32.6 Å². The van der Waals surface area contributed by atoms with E-state index in [0.29, 0.717) is 33.0 Å². The highest BCUT2D eigenvalue weighted by Crippen LogP contribution is 2.30. The molecular weight excluding hydrogens is 697 g/mol. The quantitative estimate of drug-likeness (QED) is 0.155. The van der Waals surface area contributed by atoms with Crippen LogP contribution in [0.5, 0.6) is 0 Å². The van der Waals surface area contributed by atoms with E-state index in [-0.39, 0.29) is 29.5 Å². The lowest BCUT2D eigenvalue weighted by atomic mass is 10.0. The molecule has 4 aromatic carbocycles. The second-order valence-corrected chi connectivity index (χ2v) is 14.1. The maximum atomic E-state index is 14.5. The molecule has 0 spiro atoms. The minimum atomic E-state index is -4.21. The average Bonchev–Trinajstić information content (AvgIpc) is 3.02. The number of nitrogens with one attached hydrogen (secondary N) is 1. The Morgan fingerprint density at radius 1 is 0.889 bits per heavy atom. The van der Waals surface area contributed by atoms with E-state index in [1.54, 1.807) is 54.6 Å². The number of amides is 2. The molecular formula is C34H34BrCl2N3O4S. The van der Waals surface area contributed by atoms with Crippen molar-refractivity contribution < 1.29 is 18.0 Å². The molecule has 0 aliphatic heterocycles. The highest BCUT2D eigenvalue weighted by atomic mass is 79.9. The number of hydrogen-bond donors (Lipinski definition) is 1. The number of carbonyl (C=O) groups is 2. The second-order valence-electron chi connectivity index (χ2n) is 10.5. The van der Waals surface area contributed by atoms with Crippen LogP contribution in [0.3, 0.4) is 0 Å². The van der Waals surface area contributed by atoms with Crippen molar-refractivity contribution in [2.75, 3.05) is 17.4 Å². The molecule has 0 saturated carbocycles. The van der Waals surface area contributed by atoms with Gasteiger partial charge in [-0.1, -0.05) is 106 Å². The van der Waals surface area contributed by atoms with Gasteiger partial charge in [-0.15, -0.1) is 0 Å². The third-order valence-corrected chi connectivity index (χ3v) is 10.2. The summed E-state index contributed by atoms with van der Waals surface area (Å²) in [6.45, 7) is 3.50. The van der Waals surface area contributed by atoms with Gasteiger partial charge in [0.15, 0.2) is 0 Å². The summed E-state index contributed by atoms with van der Waals surface area (Å²) < 4.78 is 30.0. The Bertz CT molecular complexity index is 1720. The van der Waals surface area contributed by atoms with Crippen LogP contribution in [-0.4, -0.2) is 44.3 Å². The van der Waals surface area contributed by atoms with Crippen molar-refractivity contribution in [2.45, 2.75) is 44.2 Å². The number of halogens is 3. The maximum absolute atomic E-state index is 14.5. The first kappa shape index (κ1) is 34.5. The molecule has 0 unspecified atom stereocenters. The van der Waals surface area contributed by atoms with Gasteiger partial charge in [-0.2, -0.15) is 0 Å². The van der Waals surface area contributed by atoms with Crippen LogP contribution in [0.4, 0.5) is 5.69 Å². The molecule has 0 heterocycles. The van der Waals surface area contributed by atoms with E-state index in [2.05, 4.69) is 21.2 Å². The van der Waals surface area contributed by atoms with Crippen LogP contribution in [0.1, 0.15) is 30.0 Å². The van der Waals surface area contributed by atoms with E-state index in [9.17, 15) is 18.0 Å². The monoisotopic (exact) mass is 729 g/mol. The molecule has 0 fully saturated rings. The Morgan fingerprint density at radius 2 is 1.53 bits per heavy atom. The van der Waals surface area contributed by atoms with Gasteiger partial charge in [-0.3, -0.25) is 13.9 Å². The Labute approximate surface area is 283 Å². The molecule has 1 atom stereocenters. The van der Waals surface area contributed by atoms with Gasteiger partial charge in [0.05, 0.1) is 10.6 Å². The minimum Gasteiger partial charge on any atom is -0.354 e. The molecule has 4 aromatic rings. The predicted molar refractivity (Wildman–Crippen MR) is 184 cm³/mol. The summed E-state index contributed by atoms with van der Waals surface area (Å²) in [5.74, 6) is -0.971. The zero-order valence-electron chi connectivity index (χ0n) is 24.9. The highest BCUT2D eigenvalue weighted by molar-refractivity contribution is 9.10. The fourth-order valence-corrected chi connectivity index (χ4v) is 7.08. The minimum absolute atomic E-state index is 0.0306. The van der Waals surface area contributed by atoms with Gasteiger partial charge < -0.3 is 10.2 Å². The third-order valence-electron chi connectivity index (χ3n) is 7.19. The van der Waals surface area contributed by atoms with E-state index in [0.717, 1.165) is 15.4 Å². The lowest BCUT2D eigenvalue weighted by molar-refractivity contribution is -0.140. The molecule has 1 N–H and O–H groups in total. The number of nitrogens with zero attached hydrogens (tertiary/aromatic N) is 2. The number of benzene rings is 4. The molecule has 2 amide bonds. The Morgan fingerprint density at radius 3 is 2.16 bits per heavy atom. The highest BCUT2D eigenvalue weighted by Gasteiger charge is 2.35. The van der Waals surface area contributed by atoms with Crippen molar-refractivity contribution in [3.05, 3.63) is 128 Å². The normalized spacial score (nSPS) is 11.9. The summed E-state index contributed by atoms with van der Waals surface area (Å²) in [6, 6.07) is 26.5. The van der Waals surface area contributed by atoms with Crippen LogP contribution in [0.2, 0.25) is 10.0 Å². The number of hydrogen-bond acceptors (Lipinski definition) is 4. The largest absolute Gasteiger partial charge is 0.354 e. The Kier molecular flexibility index (Phi) is 12.1. The first-order valence-corrected chi connectivity index (χ1v) is 17.4. The van der Waals surface area contributed by atoms with E-state index in [4.69, 9.17) is 23.2 Å². The fourth-order valence-electron chi connectivity index (χ4n) is 4.77. The van der Waals surface area contributed by atoms with Gasteiger partial charge in [0.1, 0.15) is 12.6 Å². The average molecular weight is 732 g/mol. The lowest BCUT2D eigenvalue weighted by Crippen LogP contribution is -2.53. The molecule has 11 heteroatoms. The predicted octanol–water partition coefficient (Wildman–Crippen LogP) is 7.43. The number of carbonyl (C=O) groups excluding carboxylic acids is 2. The maximum Gasteiger partial charge on any atom is 0.264 e. The van der Waals surface area contributed by atoms with Gasteiger partial charge in [-0.05, 0) is 61.4 Å². The van der Waals surface area contributed by atoms with E-state index in [1.807, 2.05) is 44.2 Å². The van der Waals surface area contributed by atoms with Gasteiger partial charge >= 0.3 is 0 Å². The van der Waals surface area contributed by atoms with Crippen molar-refractivity contribution in [1.29, 1.82) is 0 Å². The van der Waals surface area contributed by atoms with Crippen LogP contribution in [0.15, 0.2) is 106 Å². The lowest BCUT2D eigenvalue weighted by Gasteiger charge is -2.34. The van der Waals surface area contributed by atoms with E-state index < -0.39 is 28.5 Å². The summed E-state index contributed by atoms with van der Waals surface area (Å²) >= 11 is 16.5. The molecule has 0 aliphatic rings. The zero-order chi connectivity index (χ0) is 32.6. The molecule has 0 saturated heterocycles. The molecule has 4 rings (SSSR count). The molecule has 7 nitrogen and oxygen atoms in total. The first-order chi connectivity index (χ1) is 21.5. The molecule has 0 bridgehead atoms. The van der Waals surface area contributed by atoms with Gasteiger partial charge in [0, 0.05) is 39.6 Å². The van der Waals surface area contributed by atoms with Crippen molar-refractivity contribution in [2.24, 2.45) is 0 Å². The van der Waals surface area contributed by atoms with Crippen LogP contribution in [0, 0.1) is 6.92 Å². The zero-order valence-corrected chi connectivity index (χ0v) is 28.8. The number of sulfonamides is 1. The van der Waals surface area contributed by atoms with Crippen LogP contribution >= 0.6 is 39.1 Å². The van der Waals surface area contributed by atoms with Crippen molar-refractivity contribution in [3.63, 3.8) is 0 Å². The van der Waals surface area contributed by atoms with Crippen molar-refractivity contribution in [3.8, 4) is 0 Å². The van der Waals surface area contributed by atoms with Gasteiger partial charge in [0.25, 0.3) is 10.0 Å². The summed E-state index contributed by atoms with van der Waals surface area (Å²) in [5, 5.41) is 3.57. The summed E-state index contributed by atoms with van der Waals surface area (Å²) in [4.78, 5) is 29.7. The van der Waals surface area contributed by atoms with Crippen LogP contribution in [0.25, 0.3) is 0 Å². The van der Waals surface area contributed by atoms with Crippen LogP contribution < -0.4 is 9.62 Å². The third kappa shape index (κ3) is 8.88. The van der Waals surface area contributed by atoms with Crippen molar-refractivity contribution in [1.82, 2.24) is 10.2 Å². The second kappa shape index (κ2) is 15.8. The van der Waals surface area contributed by atoms with Gasteiger partial charge in [0.2, 0.25) is 11.8 Å². The summed E-state index contributed by atoms with van der Waals surface area (Å²) in [5.41, 5.74) is 2.45. The fraction of sp³-hybridized carbons (Fsp3) is 0.235. The van der Waals surface area contributed by atoms with Crippen molar-refractivity contribution >= 4 is 66.7 Å². The number of anilines is 1. The first-order valence-electron chi connectivity index (χ1n) is 14.4. The Balaban J connectivity index is 1.83. The topological polar surface area (TPSA) is 86.8 Å². The summed E-state index contributed by atoms with van der Waals surface area (Å²) in [6.07, 6.45) is 0.880. The summed E-state index contributed by atoms with van der Waals surface area (Å²) in [7, 11) is -4.21. The van der Waals surface area contributed by atoms with Gasteiger partial charge in [-0.25, -0.2) is 8.42 Å². The standard InChI is InChI=1S/C34H34BrCl2N3O4S/c1-3-19-38-34(42)32(20-25-9-5-4-6-10-25)39(22-29-30(36)13-8-14-31(29)37)33(41)23-40(27-12-7-11-26(35)21-27)45(43,44)28-17-15-24(2)16-18-28/h4-18,21,32H,3,19-20,22-23H2,1-2H3,(H,38,42)/t32-/m0/s1. The number of aryl methyl sites for hydroxylation is 1. The molecule has 236 valence electrons. The number of rotatable bonds is 13. The molecule has 0 radical (unpaired) electrons. The van der Waals surface area contributed by atoms with E-state index >= 15 is 0 Å². The molecule has 45 heavy (non-hydrogen) atoms. The SMILES string of the molecule is CCCNC(=O)[C@H](Cc1ccccc1)N(Cc1c(Cl)cccc1Cl)C(=O)CN(c1cccc(Br)c1)S(=O)(=O)c1ccc(C)cc1. The molecule has 0 aromatic heterocycles. The smallest absolute Gasteiger partial charge is 0.264 e. The molecule has 0 aliphatic carbocycles. The Hall–Kier alpha value is -3.37.